The molecule has 1 aliphatic rings. The number of carbonyl (C=O) groups is 2. The number of hydrogen-bond acceptors (Lipinski definition) is 2. The van der Waals surface area contributed by atoms with Gasteiger partial charge in [0.05, 0.1) is 5.52 Å². The van der Waals surface area contributed by atoms with E-state index in [1.807, 2.05) is 23.0 Å². The van der Waals surface area contributed by atoms with Crippen LogP contribution in [0.2, 0.25) is 0 Å². The fourth-order valence-electron chi connectivity index (χ4n) is 2.35. The summed E-state index contributed by atoms with van der Waals surface area (Å²) in [5.74, 6) is -0.312. The van der Waals surface area contributed by atoms with Gasteiger partial charge >= 0.3 is 0 Å². The summed E-state index contributed by atoms with van der Waals surface area (Å²) in [4.78, 5) is 22.8. The molecule has 1 fully saturated rings. The summed E-state index contributed by atoms with van der Waals surface area (Å²) < 4.78 is 1.84. The van der Waals surface area contributed by atoms with Crippen LogP contribution >= 0.6 is 0 Å². The van der Waals surface area contributed by atoms with Crippen molar-refractivity contribution < 1.29 is 9.59 Å². The van der Waals surface area contributed by atoms with E-state index in [9.17, 15) is 9.59 Å². The summed E-state index contributed by atoms with van der Waals surface area (Å²) in [5.41, 5.74) is 6.64. The average Bonchev–Trinajstić information content (AvgIpc) is 2.93. The summed E-state index contributed by atoms with van der Waals surface area (Å²) in [6.45, 7) is 0.736. The lowest BCUT2D eigenvalue weighted by Crippen LogP contribution is -2.34. The molecular weight excluding hydrogens is 230 g/mol. The predicted molar refractivity (Wildman–Crippen MR) is 67.8 cm³/mol. The topological polar surface area (TPSA) is 68.3 Å². The monoisotopic (exact) mass is 243 g/mol. The van der Waals surface area contributed by atoms with E-state index in [0.717, 1.165) is 23.9 Å². The zero-order chi connectivity index (χ0) is 12.7. The highest BCUT2D eigenvalue weighted by atomic mass is 16.2. The SMILES string of the molecule is NC(=O)c1ccc2c(ccn2N2CCCC2=O)c1. The van der Waals surface area contributed by atoms with Crippen LogP contribution in [-0.4, -0.2) is 23.0 Å². The van der Waals surface area contributed by atoms with Crippen molar-refractivity contribution in [1.29, 1.82) is 0 Å². The largest absolute Gasteiger partial charge is 0.366 e. The van der Waals surface area contributed by atoms with Crippen LogP contribution in [0.15, 0.2) is 30.5 Å². The number of benzene rings is 1. The van der Waals surface area contributed by atoms with Gasteiger partial charge in [-0.25, -0.2) is 5.01 Å². The van der Waals surface area contributed by atoms with Crippen LogP contribution in [0.4, 0.5) is 0 Å². The van der Waals surface area contributed by atoms with E-state index in [-0.39, 0.29) is 5.91 Å². The molecule has 5 heteroatoms. The molecular formula is C13H13N3O2. The molecule has 0 aliphatic carbocycles. The van der Waals surface area contributed by atoms with Gasteiger partial charge in [0.1, 0.15) is 0 Å². The van der Waals surface area contributed by atoms with Crippen LogP contribution in [0, 0.1) is 0 Å². The van der Waals surface area contributed by atoms with Crippen molar-refractivity contribution in [2.24, 2.45) is 5.73 Å². The number of nitrogens with zero attached hydrogens (tertiary/aromatic N) is 2. The van der Waals surface area contributed by atoms with Gasteiger partial charge in [0.2, 0.25) is 11.8 Å². The van der Waals surface area contributed by atoms with E-state index in [1.165, 1.54) is 0 Å². The van der Waals surface area contributed by atoms with Gasteiger partial charge in [0, 0.05) is 30.1 Å². The summed E-state index contributed by atoms with van der Waals surface area (Å²) in [7, 11) is 0. The fraction of sp³-hybridized carbons (Fsp3) is 0.231. The molecule has 5 nitrogen and oxygen atoms in total. The minimum Gasteiger partial charge on any atom is -0.366 e. The summed E-state index contributed by atoms with van der Waals surface area (Å²) >= 11 is 0. The number of aromatic nitrogens is 1. The van der Waals surface area contributed by atoms with E-state index in [0.29, 0.717) is 12.0 Å². The van der Waals surface area contributed by atoms with Crippen molar-refractivity contribution in [3.63, 3.8) is 0 Å². The van der Waals surface area contributed by atoms with Gasteiger partial charge in [0.15, 0.2) is 0 Å². The Kier molecular flexibility index (Phi) is 2.33. The van der Waals surface area contributed by atoms with E-state index in [2.05, 4.69) is 0 Å². The Morgan fingerprint density at radius 3 is 2.78 bits per heavy atom. The summed E-state index contributed by atoms with van der Waals surface area (Å²) in [5, 5.41) is 2.64. The second kappa shape index (κ2) is 3.87. The van der Waals surface area contributed by atoms with Crippen molar-refractivity contribution in [1.82, 2.24) is 4.68 Å². The maximum atomic E-state index is 11.7. The Morgan fingerprint density at radius 1 is 1.28 bits per heavy atom. The first-order valence-electron chi connectivity index (χ1n) is 5.88. The lowest BCUT2D eigenvalue weighted by molar-refractivity contribution is -0.118. The Labute approximate surface area is 104 Å². The zero-order valence-electron chi connectivity index (χ0n) is 9.80. The molecule has 0 spiro atoms. The fourth-order valence-corrected chi connectivity index (χ4v) is 2.35. The Bertz CT molecular complexity index is 645. The summed E-state index contributed by atoms with van der Waals surface area (Å²) in [6, 6.07) is 7.13. The van der Waals surface area contributed by atoms with E-state index in [4.69, 9.17) is 5.73 Å². The highest BCUT2D eigenvalue weighted by Gasteiger charge is 2.22. The molecule has 3 rings (SSSR count). The quantitative estimate of drug-likeness (QED) is 0.854. The van der Waals surface area contributed by atoms with Gasteiger partial charge < -0.3 is 5.73 Å². The molecule has 18 heavy (non-hydrogen) atoms. The second-order valence-corrected chi connectivity index (χ2v) is 4.42. The van der Waals surface area contributed by atoms with Gasteiger partial charge in [0.25, 0.3) is 0 Å². The number of hydrogen-bond donors (Lipinski definition) is 1. The lowest BCUT2D eigenvalue weighted by atomic mass is 10.1. The van der Waals surface area contributed by atoms with Gasteiger partial charge in [-0.2, -0.15) is 0 Å². The minimum atomic E-state index is -0.443. The smallest absolute Gasteiger partial charge is 0.248 e. The molecule has 2 aromatic rings. The lowest BCUT2D eigenvalue weighted by Gasteiger charge is -2.18. The number of nitrogens with two attached hydrogens (primary N) is 1. The number of rotatable bonds is 2. The van der Waals surface area contributed by atoms with E-state index >= 15 is 0 Å². The molecule has 2 amide bonds. The Hall–Kier alpha value is -2.30. The van der Waals surface area contributed by atoms with Crippen molar-refractivity contribution in [3.8, 4) is 0 Å². The van der Waals surface area contributed by atoms with Crippen molar-refractivity contribution in [2.45, 2.75) is 12.8 Å². The van der Waals surface area contributed by atoms with E-state index < -0.39 is 5.91 Å². The molecule has 1 aliphatic heterocycles. The first kappa shape index (κ1) is 10.8. The van der Waals surface area contributed by atoms with Gasteiger partial charge in [-0.05, 0) is 30.7 Å². The van der Waals surface area contributed by atoms with Crippen LogP contribution in [0.25, 0.3) is 10.9 Å². The molecule has 92 valence electrons. The molecule has 2 N–H and O–H groups in total. The number of carbonyl (C=O) groups excluding carboxylic acids is 2. The third-order valence-electron chi connectivity index (χ3n) is 3.26. The third-order valence-corrected chi connectivity index (χ3v) is 3.26. The molecule has 1 aromatic carbocycles. The highest BCUT2D eigenvalue weighted by Crippen LogP contribution is 2.20. The van der Waals surface area contributed by atoms with E-state index in [1.54, 1.807) is 17.1 Å². The molecule has 1 saturated heterocycles. The van der Waals surface area contributed by atoms with Crippen molar-refractivity contribution in [3.05, 3.63) is 36.0 Å². The van der Waals surface area contributed by atoms with Gasteiger partial charge in [-0.3, -0.25) is 14.3 Å². The summed E-state index contributed by atoms with van der Waals surface area (Å²) in [6.07, 6.45) is 3.33. The standard InChI is InChI=1S/C13H13N3O2/c14-13(18)10-3-4-11-9(8-10)5-7-15(11)16-6-1-2-12(16)17/h3-5,7-8H,1-2,6H2,(H2,14,18). The Balaban J connectivity index is 2.09. The normalized spacial score (nSPS) is 15.6. The van der Waals surface area contributed by atoms with Crippen LogP contribution in [-0.2, 0) is 4.79 Å². The molecule has 0 atom stereocenters. The average molecular weight is 243 g/mol. The third kappa shape index (κ3) is 1.55. The number of primary amides is 1. The minimum absolute atomic E-state index is 0.131. The van der Waals surface area contributed by atoms with Crippen LogP contribution in [0.1, 0.15) is 23.2 Å². The molecule has 0 bridgehead atoms. The van der Waals surface area contributed by atoms with Crippen molar-refractivity contribution in [2.75, 3.05) is 11.6 Å². The highest BCUT2D eigenvalue weighted by molar-refractivity contribution is 5.98. The first-order chi connectivity index (χ1) is 8.66. The number of fused-ring (bicyclic) bond motifs is 1. The Morgan fingerprint density at radius 2 is 2.11 bits per heavy atom. The molecule has 0 unspecified atom stereocenters. The maximum absolute atomic E-state index is 11.7. The van der Waals surface area contributed by atoms with Crippen LogP contribution < -0.4 is 10.7 Å². The zero-order valence-corrected chi connectivity index (χ0v) is 9.80. The van der Waals surface area contributed by atoms with Crippen molar-refractivity contribution >= 4 is 22.7 Å². The second-order valence-electron chi connectivity index (χ2n) is 4.42. The molecule has 1 aromatic heterocycles. The molecule has 2 heterocycles. The molecule has 0 saturated carbocycles. The predicted octanol–water partition coefficient (Wildman–Crippen LogP) is 0.999. The van der Waals surface area contributed by atoms with Gasteiger partial charge in [-0.1, -0.05) is 0 Å². The molecule has 0 radical (unpaired) electrons. The van der Waals surface area contributed by atoms with Crippen LogP contribution in [0.3, 0.4) is 0 Å². The van der Waals surface area contributed by atoms with Gasteiger partial charge in [-0.15, -0.1) is 0 Å². The number of amides is 2. The first-order valence-corrected chi connectivity index (χ1v) is 5.88. The van der Waals surface area contributed by atoms with Crippen LogP contribution in [0.5, 0.6) is 0 Å². The maximum Gasteiger partial charge on any atom is 0.248 e.